The minimum absolute atomic E-state index is 0.463. The maximum Gasteiger partial charge on any atom is 0.281 e. The lowest BCUT2D eigenvalue weighted by Gasteiger charge is -2.27. The Morgan fingerprint density at radius 2 is 1.52 bits per heavy atom. The van der Waals surface area contributed by atoms with E-state index in [0.717, 1.165) is 12.0 Å². The molecule has 0 unspecified atom stereocenters. The van der Waals surface area contributed by atoms with Crippen LogP contribution in [-0.4, -0.2) is 23.8 Å². The van der Waals surface area contributed by atoms with Crippen molar-refractivity contribution >= 4 is 12.1 Å². The number of aliphatic hydroxyl groups is 1. The van der Waals surface area contributed by atoms with Gasteiger partial charge < -0.3 is 9.84 Å². The van der Waals surface area contributed by atoms with Crippen LogP contribution in [0.4, 0.5) is 0 Å². The highest BCUT2D eigenvalue weighted by molar-refractivity contribution is 5.91. The second kappa shape index (κ2) is 9.66. The fourth-order valence-electron chi connectivity index (χ4n) is 2.96. The first-order valence-corrected chi connectivity index (χ1v) is 9.55. The van der Waals surface area contributed by atoms with E-state index in [4.69, 9.17) is 4.74 Å². The Labute approximate surface area is 170 Å². The molecular weight excluding hydrogens is 364 g/mol. The van der Waals surface area contributed by atoms with Crippen molar-refractivity contribution < 1.29 is 14.6 Å². The summed E-state index contributed by atoms with van der Waals surface area (Å²) in [6.07, 6.45) is 2.41. The van der Waals surface area contributed by atoms with E-state index >= 15 is 0 Å². The molecule has 3 aromatic rings. The van der Waals surface area contributed by atoms with Crippen LogP contribution in [0.2, 0.25) is 0 Å². The van der Waals surface area contributed by atoms with E-state index in [1.807, 2.05) is 43.3 Å². The zero-order chi connectivity index (χ0) is 20.5. The Bertz CT molecular complexity index is 917. The summed E-state index contributed by atoms with van der Waals surface area (Å²) >= 11 is 0. The van der Waals surface area contributed by atoms with Crippen molar-refractivity contribution in [3.05, 3.63) is 102 Å². The van der Waals surface area contributed by atoms with E-state index in [2.05, 4.69) is 10.5 Å². The van der Waals surface area contributed by atoms with Crippen molar-refractivity contribution in [2.24, 2.45) is 5.10 Å². The number of carbonyl (C=O) groups excluding carboxylic acids is 1. The molecule has 0 radical (unpaired) electrons. The Morgan fingerprint density at radius 1 is 0.966 bits per heavy atom. The fourth-order valence-corrected chi connectivity index (χ4v) is 2.96. The van der Waals surface area contributed by atoms with E-state index in [-0.39, 0.29) is 0 Å². The predicted octanol–water partition coefficient (Wildman–Crippen LogP) is 3.86. The number of nitrogens with zero attached hydrogens (tertiary/aromatic N) is 1. The quantitative estimate of drug-likeness (QED) is 0.455. The highest BCUT2D eigenvalue weighted by atomic mass is 16.5. The molecule has 29 heavy (non-hydrogen) atoms. The molecule has 0 aliphatic rings. The number of hydrogen-bond donors (Lipinski definition) is 2. The second-order valence-corrected chi connectivity index (χ2v) is 6.53. The molecule has 0 fully saturated rings. The molecule has 0 heterocycles. The number of amides is 1. The van der Waals surface area contributed by atoms with Crippen molar-refractivity contribution in [2.75, 3.05) is 6.61 Å². The van der Waals surface area contributed by atoms with Crippen LogP contribution in [0.15, 0.2) is 90.0 Å². The lowest BCUT2D eigenvalue weighted by Crippen LogP contribution is -2.43. The first-order valence-electron chi connectivity index (χ1n) is 9.55. The summed E-state index contributed by atoms with van der Waals surface area (Å²) in [5.74, 6) is 0.0480. The molecule has 0 bridgehead atoms. The molecule has 3 rings (SSSR count). The minimum atomic E-state index is -1.86. The average Bonchev–Trinajstić information content (AvgIpc) is 2.79. The van der Waals surface area contributed by atoms with Crippen LogP contribution in [0.5, 0.6) is 5.75 Å². The van der Waals surface area contributed by atoms with Crippen LogP contribution in [0.1, 0.15) is 30.0 Å². The van der Waals surface area contributed by atoms with Crippen molar-refractivity contribution in [2.45, 2.75) is 18.9 Å². The van der Waals surface area contributed by atoms with E-state index < -0.39 is 11.5 Å². The monoisotopic (exact) mass is 388 g/mol. The number of hydrazone groups is 1. The highest BCUT2D eigenvalue weighted by Gasteiger charge is 2.39. The molecule has 0 aliphatic heterocycles. The van der Waals surface area contributed by atoms with Gasteiger partial charge in [0.2, 0.25) is 0 Å². The molecular formula is C24H24N2O3. The maximum absolute atomic E-state index is 13.0. The van der Waals surface area contributed by atoms with Crippen molar-refractivity contribution in [1.82, 2.24) is 5.43 Å². The third-order valence-electron chi connectivity index (χ3n) is 4.46. The molecule has 0 saturated heterocycles. The highest BCUT2D eigenvalue weighted by Crippen LogP contribution is 2.29. The van der Waals surface area contributed by atoms with Crippen LogP contribution in [-0.2, 0) is 10.4 Å². The second-order valence-electron chi connectivity index (χ2n) is 6.53. The summed E-state index contributed by atoms with van der Waals surface area (Å²) in [6, 6.07) is 25.1. The Kier molecular flexibility index (Phi) is 6.76. The van der Waals surface area contributed by atoms with Gasteiger partial charge in [-0.15, -0.1) is 0 Å². The zero-order valence-electron chi connectivity index (χ0n) is 16.3. The van der Waals surface area contributed by atoms with E-state index in [1.165, 1.54) is 6.21 Å². The molecule has 148 valence electrons. The van der Waals surface area contributed by atoms with Crippen LogP contribution < -0.4 is 10.2 Å². The van der Waals surface area contributed by atoms with Gasteiger partial charge in [-0.05, 0) is 29.7 Å². The van der Waals surface area contributed by atoms with Crippen LogP contribution in [0, 0.1) is 0 Å². The number of carbonyl (C=O) groups is 1. The molecule has 1 amide bonds. The molecule has 3 aromatic carbocycles. The number of ether oxygens (including phenoxy) is 1. The molecule has 0 spiro atoms. The lowest BCUT2D eigenvalue weighted by molar-refractivity contribution is -0.136. The first kappa shape index (κ1) is 20.3. The van der Waals surface area contributed by atoms with Gasteiger partial charge in [0.25, 0.3) is 5.91 Å². The van der Waals surface area contributed by atoms with Crippen LogP contribution in [0.3, 0.4) is 0 Å². The van der Waals surface area contributed by atoms with E-state index in [1.54, 1.807) is 48.5 Å². The smallest absolute Gasteiger partial charge is 0.281 e. The van der Waals surface area contributed by atoms with Crippen molar-refractivity contribution in [3.8, 4) is 5.75 Å². The van der Waals surface area contributed by atoms with Gasteiger partial charge in [-0.1, -0.05) is 79.7 Å². The molecule has 0 aromatic heterocycles. The number of benzene rings is 3. The number of rotatable bonds is 8. The van der Waals surface area contributed by atoms with Crippen LogP contribution >= 0.6 is 0 Å². The average molecular weight is 388 g/mol. The molecule has 0 atom stereocenters. The number of nitrogens with one attached hydrogen (secondary N) is 1. The van der Waals surface area contributed by atoms with Gasteiger partial charge in [-0.25, -0.2) is 5.43 Å². The maximum atomic E-state index is 13.0. The van der Waals surface area contributed by atoms with Gasteiger partial charge in [-0.3, -0.25) is 4.79 Å². The summed E-state index contributed by atoms with van der Waals surface area (Å²) in [5.41, 5.74) is 2.28. The van der Waals surface area contributed by atoms with E-state index in [9.17, 15) is 9.90 Å². The molecule has 5 nitrogen and oxygen atoms in total. The topological polar surface area (TPSA) is 70.9 Å². The Balaban J connectivity index is 1.85. The summed E-state index contributed by atoms with van der Waals surface area (Å²) in [4.78, 5) is 13.0. The standard InChI is InChI=1S/C24H24N2O3/c1-2-17-29-22-16-10-9-11-19(22)18-25-26-23(27)24(28,20-12-5-3-6-13-20)21-14-7-4-8-15-21/h3-16,18,28H,2,17H2,1H3,(H,26,27)/b25-18-. The summed E-state index contributed by atoms with van der Waals surface area (Å²) in [7, 11) is 0. The Hall–Kier alpha value is -3.44. The normalized spacial score (nSPS) is 11.4. The first-order chi connectivity index (χ1) is 14.2. The number of hydrogen-bond acceptors (Lipinski definition) is 4. The van der Waals surface area contributed by atoms with Crippen molar-refractivity contribution in [3.63, 3.8) is 0 Å². The lowest BCUT2D eigenvalue weighted by atomic mass is 9.85. The molecule has 2 N–H and O–H groups in total. The van der Waals surface area contributed by atoms with E-state index in [0.29, 0.717) is 23.5 Å². The molecule has 0 aliphatic carbocycles. The third kappa shape index (κ3) is 4.70. The summed E-state index contributed by atoms with van der Waals surface area (Å²) in [5, 5.41) is 15.4. The van der Waals surface area contributed by atoms with Gasteiger partial charge >= 0.3 is 0 Å². The van der Waals surface area contributed by atoms with Gasteiger partial charge in [-0.2, -0.15) is 5.10 Å². The van der Waals surface area contributed by atoms with Crippen molar-refractivity contribution in [1.29, 1.82) is 0 Å². The zero-order valence-corrected chi connectivity index (χ0v) is 16.3. The molecule has 0 saturated carbocycles. The third-order valence-corrected chi connectivity index (χ3v) is 4.46. The SMILES string of the molecule is CCCOc1ccccc1/C=N\NC(=O)C(O)(c1ccccc1)c1ccccc1. The Morgan fingerprint density at radius 3 is 2.10 bits per heavy atom. The fraction of sp³-hybridized carbons (Fsp3) is 0.167. The van der Waals surface area contributed by atoms with Gasteiger partial charge in [0.05, 0.1) is 12.8 Å². The van der Waals surface area contributed by atoms with Gasteiger partial charge in [0.15, 0.2) is 5.60 Å². The minimum Gasteiger partial charge on any atom is -0.493 e. The predicted molar refractivity (Wildman–Crippen MR) is 114 cm³/mol. The summed E-state index contributed by atoms with van der Waals surface area (Å²) in [6.45, 7) is 2.63. The van der Waals surface area contributed by atoms with Gasteiger partial charge in [0, 0.05) is 5.56 Å². The van der Waals surface area contributed by atoms with Gasteiger partial charge in [0.1, 0.15) is 5.75 Å². The summed E-state index contributed by atoms with van der Waals surface area (Å²) < 4.78 is 5.70. The molecule has 5 heteroatoms. The largest absolute Gasteiger partial charge is 0.493 e. The van der Waals surface area contributed by atoms with Crippen LogP contribution in [0.25, 0.3) is 0 Å². The number of para-hydroxylation sites is 1.